The lowest BCUT2D eigenvalue weighted by Crippen LogP contribution is -2.43. The summed E-state index contributed by atoms with van der Waals surface area (Å²) in [5.74, 6) is -1.96. The Morgan fingerprint density at radius 3 is 1.27 bits per heavy atom. The van der Waals surface area contributed by atoms with E-state index in [1.54, 1.807) is 0 Å². The van der Waals surface area contributed by atoms with Crippen LogP contribution < -0.4 is 10.6 Å². The SMILES string of the molecule is COC(=O)[C@H](CC(C)C)NC(=O)/C=C/C(=O)N[C@@H](CC(C)C)C(=O)OC. The number of ether oxygens (including phenoxy) is 2. The number of carbonyl (C=O) groups excluding carboxylic acids is 4. The van der Waals surface area contributed by atoms with E-state index in [0.29, 0.717) is 12.8 Å². The topological polar surface area (TPSA) is 111 Å². The third-order valence-electron chi connectivity index (χ3n) is 3.40. The first kappa shape index (κ1) is 23.6. The Hall–Kier alpha value is -2.38. The van der Waals surface area contributed by atoms with Crippen molar-refractivity contribution in [2.24, 2.45) is 11.8 Å². The summed E-state index contributed by atoms with van der Waals surface area (Å²) in [7, 11) is 2.49. The van der Waals surface area contributed by atoms with Crippen molar-refractivity contribution in [3.8, 4) is 0 Å². The lowest BCUT2D eigenvalue weighted by Gasteiger charge is -2.18. The van der Waals surface area contributed by atoms with Gasteiger partial charge in [0.05, 0.1) is 14.2 Å². The predicted octanol–water partition coefficient (Wildman–Crippen LogP) is 0.950. The summed E-state index contributed by atoms with van der Waals surface area (Å²) in [6.07, 6.45) is 2.85. The van der Waals surface area contributed by atoms with Crippen LogP contribution in [-0.4, -0.2) is 50.1 Å². The van der Waals surface area contributed by atoms with E-state index in [9.17, 15) is 19.2 Å². The number of rotatable bonds is 10. The molecular weight excluding hydrogens is 340 g/mol. The van der Waals surface area contributed by atoms with Crippen LogP contribution in [0.4, 0.5) is 0 Å². The Morgan fingerprint density at radius 2 is 1.04 bits per heavy atom. The molecule has 0 heterocycles. The van der Waals surface area contributed by atoms with E-state index in [0.717, 1.165) is 12.2 Å². The number of nitrogens with one attached hydrogen (secondary N) is 2. The average molecular weight is 370 g/mol. The molecule has 0 aromatic rings. The molecular formula is C18H30N2O6. The molecule has 148 valence electrons. The van der Waals surface area contributed by atoms with E-state index in [-0.39, 0.29) is 11.8 Å². The van der Waals surface area contributed by atoms with Gasteiger partial charge in [0.2, 0.25) is 11.8 Å². The van der Waals surface area contributed by atoms with Gasteiger partial charge in [-0.05, 0) is 24.7 Å². The van der Waals surface area contributed by atoms with Gasteiger partial charge in [-0.15, -0.1) is 0 Å². The molecule has 0 aromatic carbocycles. The molecule has 8 nitrogen and oxygen atoms in total. The van der Waals surface area contributed by atoms with Crippen LogP contribution in [0.3, 0.4) is 0 Å². The zero-order valence-corrected chi connectivity index (χ0v) is 16.3. The van der Waals surface area contributed by atoms with Gasteiger partial charge >= 0.3 is 11.9 Å². The molecule has 0 bridgehead atoms. The van der Waals surface area contributed by atoms with Gasteiger partial charge in [0.1, 0.15) is 12.1 Å². The Kier molecular flexibility index (Phi) is 10.9. The molecule has 0 fully saturated rings. The number of amides is 2. The minimum Gasteiger partial charge on any atom is -0.467 e. The second kappa shape index (κ2) is 12.1. The van der Waals surface area contributed by atoms with E-state index >= 15 is 0 Å². The average Bonchev–Trinajstić information content (AvgIpc) is 2.56. The summed E-state index contributed by atoms with van der Waals surface area (Å²) < 4.78 is 9.32. The Morgan fingerprint density at radius 1 is 0.731 bits per heavy atom. The highest BCUT2D eigenvalue weighted by Crippen LogP contribution is 2.07. The Labute approximate surface area is 154 Å². The molecule has 0 saturated carbocycles. The van der Waals surface area contributed by atoms with Crippen LogP contribution in [-0.2, 0) is 28.7 Å². The molecule has 0 saturated heterocycles. The second-order valence-electron chi connectivity index (χ2n) is 6.76. The molecule has 0 radical (unpaired) electrons. The zero-order chi connectivity index (χ0) is 20.3. The fraction of sp³-hybridized carbons (Fsp3) is 0.667. The summed E-state index contributed by atoms with van der Waals surface area (Å²) in [5.41, 5.74) is 0. The van der Waals surface area contributed by atoms with Crippen molar-refractivity contribution >= 4 is 23.8 Å². The highest BCUT2D eigenvalue weighted by Gasteiger charge is 2.23. The maximum absolute atomic E-state index is 11.9. The van der Waals surface area contributed by atoms with Crippen molar-refractivity contribution in [2.75, 3.05) is 14.2 Å². The van der Waals surface area contributed by atoms with E-state index in [2.05, 4.69) is 20.1 Å². The van der Waals surface area contributed by atoms with Crippen LogP contribution in [0.15, 0.2) is 12.2 Å². The van der Waals surface area contributed by atoms with Crippen LogP contribution in [0.1, 0.15) is 40.5 Å². The molecule has 0 aliphatic carbocycles. The summed E-state index contributed by atoms with van der Waals surface area (Å²) >= 11 is 0. The van der Waals surface area contributed by atoms with Gasteiger partial charge in [0.15, 0.2) is 0 Å². The van der Waals surface area contributed by atoms with E-state index in [1.807, 2.05) is 27.7 Å². The first-order valence-electron chi connectivity index (χ1n) is 8.55. The number of hydrogen-bond donors (Lipinski definition) is 2. The van der Waals surface area contributed by atoms with Crippen molar-refractivity contribution in [2.45, 2.75) is 52.6 Å². The third-order valence-corrected chi connectivity index (χ3v) is 3.40. The fourth-order valence-corrected chi connectivity index (χ4v) is 2.25. The standard InChI is InChI=1S/C18H30N2O6/c1-11(2)9-13(17(23)25-5)19-15(21)7-8-16(22)20-14(10-12(3)4)18(24)26-6/h7-8,11-14H,9-10H2,1-6H3,(H,19,21)(H,20,22)/b8-7+/t13-,14-/m0/s1. The molecule has 2 N–H and O–H groups in total. The van der Waals surface area contributed by atoms with Gasteiger partial charge in [-0.25, -0.2) is 9.59 Å². The highest BCUT2D eigenvalue weighted by atomic mass is 16.5. The number of carbonyl (C=O) groups is 4. The lowest BCUT2D eigenvalue weighted by atomic mass is 10.0. The van der Waals surface area contributed by atoms with Gasteiger partial charge in [-0.2, -0.15) is 0 Å². The van der Waals surface area contributed by atoms with Crippen LogP contribution in [0.5, 0.6) is 0 Å². The van der Waals surface area contributed by atoms with Crippen molar-refractivity contribution in [1.29, 1.82) is 0 Å². The van der Waals surface area contributed by atoms with Crippen LogP contribution in [0, 0.1) is 11.8 Å². The molecule has 26 heavy (non-hydrogen) atoms. The van der Waals surface area contributed by atoms with Gasteiger partial charge in [-0.1, -0.05) is 27.7 Å². The number of methoxy groups -OCH3 is 2. The van der Waals surface area contributed by atoms with Crippen LogP contribution in [0.2, 0.25) is 0 Å². The molecule has 0 rings (SSSR count). The van der Waals surface area contributed by atoms with Gasteiger partial charge < -0.3 is 20.1 Å². The predicted molar refractivity (Wildman–Crippen MR) is 95.9 cm³/mol. The monoisotopic (exact) mass is 370 g/mol. The molecule has 8 heteroatoms. The summed E-state index contributed by atoms with van der Waals surface area (Å²) in [6, 6.07) is -1.58. The van der Waals surface area contributed by atoms with E-state index in [4.69, 9.17) is 0 Å². The molecule has 2 amide bonds. The highest BCUT2D eigenvalue weighted by molar-refractivity contribution is 5.99. The van der Waals surface area contributed by atoms with Crippen molar-refractivity contribution < 1.29 is 28.7 Å². The van der Waals surface area contributed by atoms with Crippen LogP contribution in [0.25, 0.3) is 0 Å². The lowest BCUT2D eigenvalue weighted by molar-refractivity contribution is -0.145. The summed E-state index contributed by atoms with van der Waals surface area (Å²) in [5, 5.41) is 5.00. The van der Waals surface area contributed by atoms with Gasteiger partial charge in [0.25, 0.3) is 0 Å². The Balaban J connectivity index is 4.79. The maximum Gasteiger partial charge on any atom is 0.328 e. The molecule has 0 aliphatic heterocycles. The summed E-state index contributed by atoms with van der Waals surface area (Å²) in [4.78, 5) is 47.2. The normalized spacial score (nSPS) is 13.4. The third kappa shape index (κ3) is 9.80. The first-order chi connectivity index (χ1) is 12.1. The molecule has 2 atom stereocenters. The van der Waals surface area contributed by atoms with Crippen molar-refractivity contribution in [3.63, 3.8) is 0 Å². The number of hydrogen-bond acceptors (Lipinski definition) is 6. The van der Waals surface area contributed by atoms with Gasteiger partial charge in [-0.3, -0.25) is 9.59 Å². The quantitative estimate of drug-likeness (QED) is 0.437. The molecule has 0 spiro atoms. The smallest absolute Gasteiger partial charge is 0.328 e. The van der Waals surface area contributed by atoms with Crippen molar-refractivity contribution in [1.82, 2.24) is 10.6 Å². The minimum atomic E-state index is -0.788. The molecule has 0 unspecified atom stereocenters. The maximum atomic E-state index is 11.9. The first-order valence-corrected chi connectivity index (χ1v) is 8.55. The van der Waals surface area contributed by atoms with E-state index < -0.39 is 35.8 Å². The zero-order valence-electron chi connectivity index (χ0n) is 16.3. The van der Waals surface area contributed by atoms with Gasteiger partial charge in [0, 0.05) is 12.2 Å². The van der Waals surface area contributed by atoms with Crippen LogP contribution >= 0.6 is 0 Å². The van der Waals surface area contributed by atoms with E-state index in [1.165, 1.54) is 14.2 Å². The molecule has 0 aromatic heterocycles. The summed E-state index contributed by atoms with van der Waals surface area (Å²) in [6.45, 7) is 7.64. The minimum absolute atomic E-state index is 0.170. The van der Waals surface area contributed by atoms with Crippen molar-refractivity contribution in [3.05, 3.63) is 12.2 Å². The molecule has 0 aliphatic rings. The largest absolute Gasteiger partial charge is 0.467 e. The Bertz CT molecular complexity index is 482. The second-order valence-corrected chi connectivity index (χ2v) is 6.76. The number of esters is 2. The fourth-order valence-electron chi connectivity index (χ4n) is 2.25.